The fourth-order valence-corrected chi connectivity index (χ4v) is 3.16. The summed E-state index contributed by atoms with van der Waals surface area (Å²) in [5, 5.41) is 13.7. The van der Waals surface area contributed by atoms with Crippen LogP contribution in [0.2, 0.25) is 0 Å². The number of phenols is 1. The van der Waals surface area contributed by atoms with Gasteiger partial charge in [0.05, 0.1) is 19.8 Å². The van der Waals surface area contributed by atoms with Crippen LogP contribution < -0.4 is 14.8 Å². The van der Waals surface area contributed by atoms with E-state index in [0.717, 1.165) is 22.3 Å². The van der Waals surface area contributed by atoms with Gasteiger partial charge >= 0.3 is 0 Å². The molecular formula is C23H22N2O4. The summed E-state index contributed by atoms with van der Waals surface area (Å²) in [6, 6.07) is 16.9. The average Bonchev–Trinajstić information content (AvgIpc) is 3.15. The quantitative estimate of drug-likeness (QED) is 0.444. The molecule has 6 nitrogen and oxygen atoms in total. The maximum Gasteiger partial charge on any atom is 0.231 e. The van der Waals surface area contributed by atoms with E-state index in [0.29, 0.717) is 35.1 Å². The van der Waals surface area contributed by atoms with Crippen molar-refractivity contribution < 1.29 is 19.0 Å². The van der Waals surface area contributed by atoms with Crippen LogP contribution in [0.4, 0.5) is 5.69 Å². The van der Waals surface area contributed by atoms with Gasteiger partial charge in [0, 0.05) is 12.2 Å². The number of aryl methyl sites for hydroxylation is 1. The fourth-order valence-electron chi connectivity index (χ4n) is 3.16. The first-order chi connectivity index (χ1) is 14.1. The monoisotopic (exact) mass is 390 g/mol. The van der Waals surface area contributed by atoms with Crippen molar-refractivity contribution in [1.82, 2.24) is 4.98 Å². The van der Waals surface area contributed by atoms with Crippen LogP contribution in [0, 0.1) is 6.92 Å². The molecule has 1 heterocycles. The summed E-state index contributed by atoms with van der Waals surface area (Å²) in [4.78, 5) is 4.52. The normalized spacial score (nSPS) is 10.9. The molecule has 4 rings (SSSR count). The van der Waals surface area contributed by atoms with E-state index in [1.165, 1.54) is 0 Å². The maximum atomic E-state index is 10.3. The number of hydrogen-bond acceptors (Lipinski definition) is 6. The summed E-state index contributed by atoms with van der Waals surface area (Å²) in [7, 11) is 3.23. The highest BCUT2D eigenvalue weighted by Gasteiger charge is 2.13. The zero-order valence-electron chi connectivity index (χ0n) is 16.5. The van der Waals surface area contributed by atoms with Crippen molar-refractivity contribution in [1.29, 1.82) is 0 Å². The number of oxazole rings is 1. The molecule has 29 heavy (non-hydrogen) atoms. The van der Waals surface area contributed by atoms with Crippen LogP contribution >= 0.6 is 0 Å². The molecule has 0 saturated heterocycles. The highest BCUT2D eigenvalue weighted by molar-refractivity contribution is 5.79. The summed E-state index contributed by atoms with van der Waals surface area (Å²) >= 11 is 0. The number of hydrogen-bond donors (Lipinski definition) is 2. The Morgan fingerprint density at radius 3 is 2.59 bits per heavy atom. The van der Waals surface area contributed by atoms with Crippen molar-refractivity contribution in [3.8, 4) is 28.7 Å². The Morgan fingerprint density at radius 2 is 1.79 bits per heavy atom. The van der Waals surface area contributed by atoms with Gasteiger partial charge in [-0.3, -0.25) is 0 Å². The van der Waals surface area contributed by atoms with Crippen LogP contribution in [0.1, 0.15) is 11.1 Å². The van der Waals surface area contributed by atoms with Gasteiger partial charge < -0.3 is 24.3 Å². The Morgan fingerprint density at radius 1 is 0.966 bits per heavy atom. The van der Waals surface area contributed by atoms with Crippen molar-refractivity contribution in [2.45, 2.75) is 13.5 Å². The lowest BCUT2D eigenvalue weighted by atomic mass is 10.1. The van der Waals surface area contributed by atoms with Gasteiger partial charge in [-0.15, -0.1) is 0 Å². The van der Waals surface area contributed by atoms with Crippen LogP contribution in [0.5, 0.6) is 17.2 Å². The van der Waals surface area contributed by atoms with Gasteiger partial charge in [0.25, 0.3) is 0 Å². The van der Waals surface area contributed by atoms with Crippen LogP contribution in [0.15, 0.2) is 59.0 Å². The van der Waals surface area contributed by atoms with Gasteiger partial charge in [-0.05, 0) is 60.5 Å². The lowest BCUT2D eigenvalue weighted by Crippen LogP contribution is -2.00. The smallest absolute Gasteiger partial charge is 0.231 e. The highest BCUT2D eigenvalue weighted by atomic mass is 16.5. The molecule has 0 radical (unpaired) electrons. The van der Waals surface area contributed by atoms with Gasteiger partial charge in [0.15, 0.2) is 17.1 Å². The van der Waals surface area contributed by atoms with Crippen LogP contribution in [0.25, 0.3) is 22.6 Å². The zero-order chi connectivity index (χ0) is 20.4. The molecule has 3 aromatic carbocycles. The third-order valence-electron chi connectivity index (χ3n) is 4.71. The second kappa shape index (κ2) is 7.75. The molecule has 0 unspecified atom stereocenters. The van der Waals surface area contributed by atoms with Crippen molar-refractivity contribution in [3.63, 3.8) is 0 Å². The first-order valence-corrected chi connectivity index (χ1v) is 9.23. The van der Waals surface area contributed by atoms with Gasteiger partial charge in [0.1, 0.15) is 11.3 Å². The van der Waals surface area contributed by atoms with Crippen molar-refractivity contribution in [2.24, 2.45) is 0 Å². The van der Waals surface area contributed by atoms with E-state index < -0.39 is 0 Å². The molecule has 148 valence electrons. The van der Waals surface area contributed by atoms with Gasteiger partial charge in [0.2, 0.25) is 5.89 Å². The number of ether oxygens (including phenoxy) is 2. The predicted molar refractivity (Wildman–Crippen MR) is 113 cm³/mol. The van der Waals surface area contributed by atoms with Crippen molar-refractivity contribution in [3.05, 3.63) is 65.7 Å². The fraction of sp³-hybridized carbons (Fsp3) is 0.174. The molecule has 0 atom stereocenters. The zero-order valence-corrected chi connectivity index (χ0v) is 16.5. The second-order valence-corrected chi connectivity index (χ2v) is 6.77. The molecular weight excluding hydrogens is 368 g/mol. The van der Waals surface area contributed by atoms with Crippen molar-refractivity contribution in [2.75, 3.05) is 19.5 Å². The Bertz CT molecular complexity index is 1170. The number of fused-ring (bicyclic) bond motifs is 1. The number of phenolic OH excluding ortho intramolecular Hbond substituents is 1. The molecule has 4 aromatic rings. The number of nitrogens with zero attached hydrogens (tertiary/aromatic N) is 1. The number of anilines is 1. The first kappa shape index (κ1) is 18.7. The predicted octanol–water partition coefficient (Wildman–Crippen LogP) is 5.14. The van der Waals surface area contributed by atoms with Gasteiger partial charge in [-0.25, -0.2) is 4.98 Å². The molecule has 1 aromatic heterocycles. The first-order valence-electron chi connectivity index (χ1n) is 9.23. The second-order valence-electron chi connectivity index (χ2n) is 6.77. The number of nitrogens with one attached hydrogen (secondary N) is 1. The van der Waals surface area contributed by atoms with Crippen molar-refractivity contribution >= 4 is 16.8 Å². The Hall–Kier alpha value is -3.67. The molecule has 0 aliphatic heterocycles. The molecule has 0 aliphatic carbocycles. The van der Waals surface area contributed by atoms with Crippen LogP contribution in [-0.2, 0) is 6.54 Å². The minimum atomic E-state index is 0.116. The summed E-state index contributed by atoms with van der Waals surface area (Å²) in [6.45, 7) is 2.58. The molecule has 0 saturated carbocycles. The number of aromatic nitrogens is 1. The van der Waals surface area contributed by atoms with E-state index in [9.17, 15) is 5.11 Å². The summed E-state index contributed by atoms with van der Waals surface area (Å²) in [6.07, 6.45) is 0. The number of methoxy groups -OCH3 is 2. The maximum absolute atomic E-state index is 10.3. The SMILES string of the molecule is COc1ccc(CNc2ccc(O)c(-c3nc4cc(C)ccc4o3)c2)cc1OC. The lowest BCUT2D eigenvalue weighted by Gasteiger charge is -2.12. The minimum Gasteiger partial charge on any atom is -0.507 e. The van der Waals surface area contributed by atoms with Gasteiger partial charge in [-0.2, -0.15) is 0 Å². The summed E-state index contributed by atoms with van der Waals surface area (Å²) < 4.78 is 16.5. The Labute approximate surface area is 168 Å². The van der Waals surface area contributed by atoms with E-state index in [-0.39, 0.29) is 5.75 Å². The van der Waals surface area contributed by atoms with E-state index in [4.69, 9.17) is 13.9 Å². The Kier molecular flexibility index (Phi) is 4.99. The molecule has 0 spiro atoms. The average molecular weight is 390 g/mol. The van der Waals surface area contributed by atoms with E-state index in [1.54, 1.807) is 20.3 Å². The number of rotatable bonds is 6. The van der Waals surface area contributed by atoms with Crippen LogP contribution in [0.3, 0.4) is 0 Å². The molecule has 2 N–H and O–H groups in total. The third kappa shape index (κ3) is 3.82. The summed E-state index contributed by atoms with van der Waals surface area (Å²) in [5.41, 5.74) is 4.97. The number of aromatic hydroxyl groups is 1. The van der Waals surface area contributed by atoms with E-state index in [2.05, 4.69) is 10.3 Å². The topological polar surface area (TPSA) is 76.8 Å². The van der Waals surface area contributed by atoms with E-state index >= 15 is 0 Å². The van der Waals surface area contributed by atoms with Gasteiger partial charge in [-0.1, -0.05) is 12.1 Å². The Balaban J connectivity index is 1.58. The van der Waals surface area contributed by atoms with Crippen LogP contribution in [-0.4, -0.2) is 24.3 Å². The summed E-state index contributed by atoms with van der Waals surface area (Å²) in [5.74, 6) is 1.87. The molecule has 0 fully saturated rings. The van der Waals surface area contributed by atoms with E-state index in [1.807, 2.05) is 55.5 Å². The number of benzene rings is 3. The molecule has 6 heteroatoms. The third-order valence-corrected chi connectivity index (χ3v) is 4.71. The largest absolute Gasteiger partial charge is 0.507 e. The molecule has 0 aliphatic rings. The lowest BCUT2D eigenvalue weighted by molar-refractivity contribution is 0.354. The minimum absolute atomic E-state index is 0.116. The highest BCUT2D eigenvalue weighted by Crippen LogP contribution is 2.34. The molecule has 0 bridgehead atoms. The standard InChI is InChI=1S/C23H22N2O4/c1-14-4-8-20-18(10-14)25-23(29-20)17-12-16(6-7-19(17)26)24-13-15-5-9-21(27-2)22(11-15)28-3/h4-12,24,26H,13H2,1-3H3. The molecule has 0 amide bonds.